The highest BCUT2D eigenvalue weighted by atomic mass is 32.2. The van der Waals surface area contributed by atoms with Gasteiger partial charge in [-0.25, -0.2) is 8.42 Å². The minimum atomic E-state index is -2.87. The van der Waals surface area contributed by atoms with E-state index in [-0.39, 0.29) is 17.8 Å². The van der Waals surface area contributed by atoms with E-state index in [9.17, 15) is 8.42 Å². The maximum atomic E-state index is 11.7. The number of aryl methyl sites for hydroxylation is 1. The van der Waals surface area contributed by atoms with E-state index in [4.69, 9.17) is 0 Å². The summed E-state index contributed by atoms with van der Waals surface area (Å²) in [6, 6.07) is 0.0835. The molecule has 1 aromatic heterocycles. The molecule has 0 aromatic carbocycles. The van der Waals surface area contributed by atoms with Crippen LogP contribution in [-0.4, -0.2) is 40.7 Å². The van der Waals surface area contributed by atoms with E-state index in [2.05, 4.69) is 27.0 Å². The lowest BCUT2D eigenvalue weighted by Gasteiger charge is -2.26. The molecule has 7 heteroatoms. The SMILES string of the molecule is CC(NC1CCCS(=O)(=O)C1)c1nnc2n1CCCCC2. The van der Waals surface area contributed by atoms with Crippen molar-refractivity contribution in [2.75, 3.05) is 11.5 Å². The highest BCUT2D eigenvalue weighted by molar-refractivity contribution is 7.91. The number of nitrogens with one attached hydrogen (secondary N) is 1. The van der Waals surface area contributed by atoms with E-state index in [0.29, 0.717) is 5.75 Å². The van der Waals surface area contributed by atoms with Crippen molar-refractivity contribution < 1.29 is 8.42 Å². The Morgan fingerprint density at radius 3 is 2.90 bits per heavy atom. The Hall–Kier alpha value is -0.950. The average Bonchev–Trinajstić information content (AvgIpc) is 2.67. The van der Waals surface area contributed by atoms with Crippen LogP contribution >= 0.6 is 0 Å². The first-order valence-corrected chi connectivity index (χ1v) is 9.76. The van der Waals surface area contributed by atoms with Crippen molar-refractivity contribution in [2.24, 2.45) is 0 Å². The molecule has 1 fully saturated rings. The van der Waals surface area contributed by atoms with Gasteiger partial charge in [0.05, 0.1) is 17.5 Å². The van der Waals surface area contributed by atoms with Crippen LogP contribution in [0, 0.1) is 0 Å². The summed E-state index contributed by atoms with van der Waals surface area (Å²) in [5.74, 6) is 2.61. The van der Waals surface area contributed by atoms with Gasteiger partial charge in [-0.3, -0.25) is 0 Å². The van der Waals surface area contributed by atoms with E-state index in [1.165, 1.54) is 19.3 Å². The van der Waals surface area contributed by atoms with Crippen LogP contribution in [0.5, 0.6) is 0 Å². The van der Waals surface area contributed by atoms with Crippen molar-refractivity contribution in [3.63, 3.8) is 0 Å². The Labute approximate surface area is 126 Å². The zero-order valence-electron chi connectivity index (χ0n) is 12.6. The molecule has 2 aliphatic heterocycles. The van der Waals surface area contributed by atoms with Gasteiger partial charge in [0.15, 0.2) is 9.84 Å². The standard InChI is InChI=1S/C14H24N4O2S/c1-11(15-12-6-5-9-21(19,20)10-12)14-17-16-13-7-3-2-4-8-18(13)14/h11-12,15H,2-10H2,1H3. The molecule has 2 unspecified atom stereocenters. The summed E-state index contributed by atoms with van der Waals surface area (Å²) in [5.41, 5.74) is 0. The minimum absolute atomic E-state index is 0.0393. The molecule has 118 valence electrons. The predicted molar refractivity (Wildman–Crippen MR) is 80.8 cm³/mol. The van der Waals surface area contributed by atoms with Crippen molar-refractivity contribution >= 4 is 9.84 Å². The van der Waals surface area contributed by atoms with Gasteiger partial charge >= 0.3 is 0 Å². The molecular formula is C14H24N4O2S. The van der Waals surface area contributed by atoms with E-state index >= 15 is 0 Å². The van der Waals surface area contributed by atoms with Gasteiger partial charge < -0.3 is 9.88 Å². The lowest BCUT2D eigenvalue weighted by Crippen LogP contribution is -2.41. The minimum Gasteiger partial charge on any atom is -0.314 e. The molecule has 6 nitrogen and oxygen atoms in total. The molecule has 3 heterocycles. The van der Waals surface area contributed by atoms with Crippen LogP contribution in [0.4, 0.5) is 0 Å². The van der Waals surface area contributed by atoms with E-state index in [0.717, 1.165) is 37.5 Å². The molecule has 2 atom stereocenters. The third kappa shape index (κ3) is 3.45. The lowest BCUT2D eigenvalue weighted by atomic mass is 10.1. The summed E-state index contributed by atoms with van der Waals surface area (Å²) in [6.07, 6.45) is 6.27. The number of aromatic nitrogens is 3. The molecule has 0 bridgehead atoms. The van der Waals surface area contributed by atoms with Gasteiger partial charge in [0.2, 0.25) is 0 Å². The van der Waals surface area contributed by atoms with Crippen molar-refractivity contribution in [3.8, 4) is 0 Å². The van der Waals surface area contributed by atoms with Crippen molar-refractivity contribution in [1.82, 2.24) is 20.1 Å². The lowest BCUT2D eigenvalue weighted by molar-refractivity contribution is 0.414. The molecule has 2 aliphatic rings. The van der Waals surface area contributed by atoms with Crippen LogP contribution in [-0.2, 0) is 22.8 Å². The fourth-order valence-corrected chi connectivity index (χ4v) is 5.06. The number of nitrogens with zero attached hydrogens (tertiary/aromatic N) is 3. The molecule has 0 saturated carbocycles. The van der Waals surface area contributed by atoms with Crippen LogP contribution in [0.15, 0.2) is 0 Å². The van der Waals surface area contributed by atoms with Crippen molar-refractivity contribution in [3.05, 3.63) is 11.6 Å². The summed E-state index contributed by atoms with van der Waals surface area (Å²) in [5, 5.41) is 12.1. The Kier molecular flexibility index (Phi) is 4.31. The van der Waals surface area contributed by atoms with E-state index in [1.54, 1.807) is 0 Å². The molecule has 0 spiro atoms. The van der Waals surface area contributed by atoms with Gasteiger partial charge in [-0.15, -0.1) is 10.2 Å². The number of sulfone groups is 1. The summed E-state index contributed by atoms with van der Waals surface area (Å²) in [7, 11) is -2.87. The number of fused-ring (bicyclic) bond motifs is 1. The largest absolute Gasteiger partial charge is 0.314 e. The Balaban J connectivity index is 1.71. The van der Waals surface area contributed by atoms with Crippen LogP contribution in [0.2, 0.25) is 0 Å². The normalized spacial score (nSPS) is 26.8. The summed E-state index contributed by atoms with van der Waals surface area (Å²) >= 11 is 0. The monoisotopic (exact) mass is 312 g/mol. The van der Waals surface area contributed by atoms with Gasteiger partial charge in [-0.1, -0.05) is 6.42 Å². The molecule has 0 aliphatic carbocycles. The fourth-order valence-electron chi connectivity index (χ4n) is 3.41. The Bertz CT molecular complexity index is 596. The Morgan fingerprint density at radius 2 is 2.10 bits per heavy atom. The number of hydrogen-bond acceptors (Lipinski definition) is 5. The van der Waals surface area contributed by atoms with Crippen molar-refractivity contribution in [2.45, 2.75) is 64.1 Å². The molecule has 1 N–H and O–H groups in total. The van der Waals surface area contributed by atoms with Crippen molar-refractivity contribution in [1.29, 1.82) is 0 Å². The number of hydrogen-bond donors (Lipinski definition) is 1. The summed E-state index contributed by atoms with van der Waals surface area (Å²) in [4.78, 5) is 0. The second-order valence-corrected chi connectivity index (χ2v) is 8.51. The van der Waals surface area contributed by atoms with Crippen LogP contribution in [0.1, 0.15) is 56.7 Å². The van der Waals surface area contributed by atoms with Gasteiger partial charge in [-0.05, 0) is 32.6 Å². The molecule has 0 radical (unpaired) electrons. The second-order valence-electron chi connectivity index (χ2n) is 6.28. The second kappa shape index (κ2) is 6.04. The van der Waals surface area contributed by atoms with Crippen LogP contribution in [0.3, 0.4) is 0 Å². The average molecular weight is 312 g/mol. The van der Waals surface area contributed by atoms with E-state index < -0.39 is 9.84 Å². The molecule has 21 heavy (non-hydrogen) atoms. The molecule has 0 amide bonds. The molecule has 1 aromatic rings. The van der Waals surface area contributed by atoms with Gasteiger partial charge in [-0.2, -0.15) is 0 Å². The highest BCUT2D eigenvalue weighted by Crippen LogP contribution is 2.21. The Morgan fingerprint density at radius 1 is 1.24 bits per heavy atom. The topological polar surface area (TPSA) is 76.9 Å². The molecule has 3 rings (SSSR count). The first-order chi connectivity index (χ1) is 10.1. The van der Waals surface area contributed by atoms with Gasteiger partial charge in [0, 0.05) is 19.0 Å². The summed E-state index contributed by atoms with van der Waals surface area (Å²) < 4.78 is 25.7. The third-order valence-electron chi connectivity index (χ3n) is 4.47. The quantitative estimate of drug-likeness (QED) is 0.908. The first-order valence-electron chi connectivity index (χ1n) is 7.93. The summed E-state index contributed by atoms with van der Waals surface area (Å²) in [6.45, 7) is 3.04. The zero-order chi connectivity index (χ0) is 14.9. The predicted octanol–water partition coefficient (Wildman–Crippen LogP) is 1.23. The highest BCUT2D eigenvalue weighted by Gasteiger charge is 2.27. The maximum Gasteiger partial charge on any atom is 0.151 e. The van der Waals surface area contributed by atoms with E-state index in [1.807, 2.05) is 0 Å². The third-order valence-corrected chi connectivity index (χ3v) is 6.30. The molecule has 1 saturated heterocycles. The van der Waals surface area contributed by atoms with Crippen LogP contribution in [0.25, 0.3) is 0 Å². The molecular weight excluding hydrogens is 288 g/mol. The smallest absolute Gasteiger partial charge is 0.151 e. The van der Waals surface area contributed by atoms with Crippen LogP contribution < -0.4 is 5.32 Å². The van der Waals surface area contributed by atoms with Gasteiger partial charge in [0.1, 0.15) is 11.6 Å². The first kappa shape index (κ1) is 15.0. The maximum absolute atomic E-state index is 11.7. The number of rotatable bonds is 3. The zero-order valence-corrected chi connectivity index (χ0v) is 13.4. The van der Waals surface area contributed by atoms with Gasteiger partial charge in [0.25, 0.3) is 0 Å². The fraction of sp³-hybridized carbons (Fsp3) is 0.857.